The molecule has 6 nitrogen and oxygen atoms in total. The monoisotopic (exact) mass is 511 g/mol. The number of aryl methyl sites for hydroxylation is 1. The van der Waals surface area contributed by atoms with Crippen molar-refractivity contribution in [2.75, 3.05) is 0 Å². The number of benzene rings is 2. The largest absolute Gasteiger partial charge is 0.478 e. The van der Waals surface area contributed by atoms with Crippen LogP contribution >= 0.6 is 11.6 Å². The Bertz CT molecular complexity index is 1290. The standard InChI is InChI=1S/C20H13ClF7N3O3/c1-2-31-14-7-11(21)9(18(33)34)6-13(14)29-16(31)17(32)30-15(20(26,27)28)8-3-4-12(22)10(5-8)19(23,24)25/h3-7,15H,2H2,1H3,(H,30,32)(H,33,34). The maximum absolute atomic E-state index is 13.7. The van der Waals surface area contributed by atoms with Crippen molar-refractivity contribution < 1.29 is 45.4 Å². The number of hydrogen-bond donors (Lipinski definition) is 2. The van der Waals surface area contributed by atoms with E-state index in [1.807, 2.05) is 0 Å². The second-order valence-corrected chi connectivity index (χ2v) is 7.40. The molecule has 0 spiro atoms. The van der Waals surface area contributed by atoms with Crippen LogP contribution in [-0.4, -0.2) is 32.7 Å². The van der Waals surface area contributed by atoms with Gasteiger partial charge in [-0.15, -0.1) is 0 Å². The van der Waals surface area contributed by atoms with Crippen molar-refractivity contribution >= 4 is 34.5 Å². The Morgan fingerprint density at radius 3 is 2.32 bits per heavy atom. The lowest BCUT2D eigenvalue weighted by atomic mass is 10.0. The van der Waals surface area contributed by atoms with E-state index in [2.05, 4.69) is 4.98 Å². The molecule has 0 aliphatic rings. The van der Waals surface area contributed by atoms with E-state index in [-0.39, 0.29) is 40.3 Å². The van der Waals surface area contributed by atoms with Gasteiger partial charge in [-0.05, 0) is 36.8 Å². The van der Waals surface area contributed by atoms with Gasteiger partial charge in [0.2, 0.25) is 0 Å². The first-order valence-corrected chi connectivity index (χ1v) is 9.70. The highest BCUT2D eigenvalue weighted by Crippen LogP contribution is 2.38. The Hall–Kier alpha value is -3.35. The van der Waals surface area contributed by atoms with Crippen molar-refractivity contribution in [1.82, 2.24) is 14.9 Å². The van der Waals surface area contributed by atoms with Crippen molar-refractivity contribution in [3.8, 4) is 0 Å². The van der Waals surface area contributed by atoms with Gasteiger partial charge in [0, 0.05) is 6.54 Å². The number of fused-ring (bicyclic) bond motifs is 1. The SMILES string of the molecule is CCn1c(C(=O)NC(c2ccc(F)c(C(F)(F)F)c2)C(F)(F)F)nc2cc(C(=O)O)c(Cl)cc21. The maximum atomic E-state index is 13.7. The highest BCUT2D eigenvalue weighted by Gasteiger charge is 2.44. The third kappa shape index (κ3) is 4.79. The summed E-state index contributed by atoms with van der Waals surface area (Å²) in [7, 11) is 0. The molecule has 1 unspecified atom stereocenters. The summed E-state index contributed by atoms with van der Waals surface area (Å²) in [5, 5.41) is 10.6. The maximum Gasteiger partial charge on any atom is 0.419 e. The first-order valence-electron chi connectivity index (χ1n) is 9.32. The van der Waals surface area contributed by atoms with E-state index >= 15 is 0 Å². The van der Waals surface area contributed by atoms with Gasteiger partial charge in [0.05, 0.1) is 27.2 Å². The Morgan fingerprint density at radius 1 is 1.15 bits per heavy atom. The number of carboxylic acid groups (broad SMARTS) is 1. The smallest absolute Gasteiger partial charge is 0.419 e. The number of carbonyl (C=O) groups excluding carboxylic acids is 1. The van der Waals surface area contributed by atoms with E-state index in [1.54, 1.807) is 5.32 Å². The molecule has 0 aliphatic carbocycles. The van der Waals surface area contributed by atoms with Crippen LogP contribution in [0.2, 0.25) is 5.02 Å². The summed E-state index contributed by atoms with van der Waals surface area (Å²) in [6.45, 7) is 1.53. The molecule has 3 rings (SSSR count). The van der Waals surface area contributed by atoms with Crippen molar-refractivity contribution in [2.24, 2.45) is 0 Å². The van der Waals surface area contributed by atoms with E-state index in [4.69, 9.17) is 11.6 Å². The quantitative estimate of drug-likeness (QED) is 0.437. The summed E-state index contributed by atoms with van der Waals surface area (Å²) >= 11 is 5.91. The van der Waals surface area contributed by atoms with Crippen LogP contribution in [0.1, 0.15) is 45.1 Å². The van der Waals surface area contributed by atoms with Crippen LogP contribution < -0.4 is 5.32 Å². The summed E-state index contributed by atoms with van der Waals surface area (Å²) in [5.74, 6) is -5.16. The van der Waals surface area contributed by atoms with Gasteiger partial charge in [-0.3, -0.25) is 4.79 Å². The van der Waals surface area contributed by atoms with Gasteiger partial charge in [0.1, 0.15) is 5.82 Å². The van der Waals surface area contributed by atoms with Gasteiger partial charge < -0.3 is 15.0 Å². The first kappa shape index (κ1) is 25.3. The van der Waals surface area contributed by atoms with Crippen LogP contribution in [0.4, 0.5) is 30.7 Å². The van der Waals surface area contributed by atoms with Crippen LogP contribution in [0.25, 0.3) is 11.0 Å². The number of carbonyl (C=O) groups is 2. The fourth-order valence-electron chi connectivity index (χ4n) is 3.29. The number of nitrogens with zero attached hydrogens (tertiary/aromatic N) is 2. The molecule has 14 heteroatoms. The first-order chi connectivity index (χ1) is 15.6. The van der Waals surface area contributed by atoms with Crippen LogP contribution in [-0.2, 0) is 12.7 Å². The van der Waals surface area contributed by atoms with Gasteiger partial charge >= 0.3 is 18.3 Å². The zero-order chi connectivity index (χ0) is 25.6. The van der Waals surface area contributed by atoms with Crippen LogP contribution in [0.3, 0.4) is 0 Å². The molecule has 2 aromatic carbocycles. The minimum absolute atomic E-state index is 0.00740. The van der Waals surface area contributed by atoms with E-state index in [1.165, 1.54) is 13.0 Å². The Labute approximate surface area is 190 Å². The number of alkyl halides is 6. The topological polar surface area (TPSA) is 84.2 Å². The number of aromatic nitrogens is 2. The molecule has 182 valence electrons. The normalized spacial score (nSPS) is 13.2. The predicted molar refractivity (Wildman–Crippen MR) is 105 cm³/mol. The van der Waals surface area contributed by atoms with Gasteiger partial charge in [0.15, 0.2) is 11.9 Å². The van der Waals surface area contributed by atoms with E-state index in [9.17, 15) is 45.4 Å². The van der Waals surface area contributed by atoms with Crippen molar-refractivity contribution in [2.45, 2.75) is 31.9 Å². The summed E-state index contributed by atoms with van der Waals surface area (Å²) in [6, 6.07) is -0.0607. The fraction of sp³-hybridized carbons (Fsp3) is 0.250. The second-order valence-electron chi connectivity index (χ2n) is 6.99. The van der Waals surface area contributed by atoms with Crippen molar-refractivity contribution in [3.63, 3.8) is 0 Å². The molecule has 0 aliphatic heterocycles. The number of amides is 1. The summed E-state index contributed by atoms with van der Waals surface area (Å²) < 4.78 is 94.7. The van der Waals surface area contributed by atoms with Crippen LogP contribution in [0, 0.1) is 5.82 Å². The second kappa shape index (κ2) is 8.78. The van der Waals surface area contributed by atoms with Gasteiger partial charge in [-0.1, -0.05) is 17.7 Å². The van der Waals surface area contributed by atoms with E-state index < -0.39 is 53.0 Å². The third-order valence-electron chi connectivity index (χ3n) is 4.82. The molecule has 1 amide bonds. The van der Waals surface area contributed by atoms with E-state index in [0.717, 1.165) is 10.6 Å². The molecular weight excluding hydrogens is 499 g/mol. The molecule has 3 aromatic rings. The fourth-order valence-corrected chi connectivity index (χ4v) is 3.53. The number of nitrogens with one attached hydrogen (secondary N) is 1. The number of imidazole rings is 1. The number of hydrogen-bond acceptors (Lipinski definition) is 3. The molecule has 0 radical (unpaired) electrons. The number of halogens is 8. The molecule has 2 N–H and O–H groups in total. The lowest BCUT2D eigenvalue weighted by molar-refractivity contribution is -0.156. The molecule has 0 fully saturated rings. The molecule has 0 saturated heterocycles. The molecule has 1 aromatic heterocycles. The van der Waals surface area contributed by atoms with Gasteiger partial charge in [-0.25, -0.2) is 14.2 Å². The minimum Gasteiger partial charge on any atom is -0.478 e. The van der Waals surface area contributed by atoms with Gasteiger partial charge in [-0.2, -0.15) is 26.3 Å². The van der Waals surface area contributed by atoms with Gasteiger partial charge in [0.25, 0.3) is 5.91 Å². The predicted octanol–water partition coefficient (Wildman–Crippen LogP) is 5.60. The Morgan fingerprint density at radius 2 is 1.79 bits per heavy atom. The Kier molecular flexibility index (Phi) is 6.53. The average Bonchev–Trinajstić information content (AvgIpc) is 3.07. The van der Waals surface area contributed by atoms with Crippen LogP contribution in [0.15, 0.2) is 30.3 Å². The highest BCUT2D eigenvalue weighted by atomic mass is 35.5. The molecule has 0 saturated carbocycles. The molecule has 1 heterocycles. The Balaban J connectivity index is 2.08. The number of carboxylic acids is 1. The van der Waals surface area contributed by atoms with Crippen molar-refractivity contribution in [1.29, 1.82) is 0 Å². The lowest BCUT2D eigenvalue weighted by Gasteiger charge is -2.23. The average molecular weight is 512 g/mol. The van der Waals surface area contributed by atoms with Crippen LogP contribution in [0.5, 0.6) is 0 Å². The lowest BCUT2D eigenvalue weighted by Crippen LogP contribution is -2.39. The molecule has 34 heavy (non-hydrogen) atoms. The zero-order valence-corrected chi connectivity index (χ0v) is 17.6. The highest BCUT2D eigenvalue weighted by molar-refractivity contribution is 6.34. The molecular formula is C20H13ClF7N3O3. The van der Waals surface area contributed by atoms with Crippen molar-refractivity contribution in [3.05, 3.63) is 63.7 Å². The number of rotatable bonds is 5. The third-order valence-corrected chi connectivity index (χ3v) is 5.13. The molecule has 1 atom stereocenters. The number of aromatic carboxylic acids is 1. The van der Waals surface area contributed by atoms with E-state index in [0.29, 0.717) is 6.07 Å². The molecule has 0 bridgehead atoms. The minimum atomic E-state index is -5.27. The summed E-state index contributed by atoms with van der Waals surface area (Å²) in [4.78, 5) is 27.9. The summed E-state index contributed by atoms with van der Waals surface area (Å²) in [6.07, 6.45) is -10.5. The summed E-state index contributed by atoms with van der Waals surface area (Å²) in [5.41, 5.74) is -3.25. The zero-order valence-electron chi connectivity index (χ0n) is 16.9.